The number of benzene rings is 2. The third-order valence-electron chi connectivity index (χ3n) is 8.13. The van der Waals surface area contributed by atoms with E-state index in [-0.39, 0.29) is 11.8 Å². The van der Waals surface area contributed by atoms with Crippen molar-refractivity contribution in [2.45, 2.75) is 63.7 Å². The number of fused-ring (bicyclic) bond motifs is 1. The lowest BCUT2D eigenvalue weighted by Gasteiger charge is -2.44. The lowest BCUT2D eigenvalue weighted by molar-refractivity contribution is -0.131. The highest BCUT2D eigenvalue weighted by Gasteiger charge is 2.31. The van der Waals surface area contributed by atoms with Crippen molar-refractivity contribution in [3.8, 4) is 5.75 Å². The number of methoxy groups -OCH3 is 1. The van der Waals surface area contributed by atoms with E-state index in [9.17, 15) is 9.59 Å². The Kier molecular flexibility index (Phi) is 9.16. The van der Waals surface area contributed by atoms with Crippen LogP contribution in [0.15, 0.2) is 54.7 Å². The van der Waals surface area contributed by atoms with E-state index in [1.54, 1.807) is 7.11 Å². The van der Waals surface area contributed by atoms with Gasteiger partial charge in [0, 0.05) is 42.2 Å². The Morgan fingerprint density at radius 3 is 2.59 bits per heavy atom. The molecule has 2 unspecified atom stereocenters. The quantitative estimate of drug-likeness (QED) is 0.370. The van der Waals surface area contributed by atoms with Crippen LogP contribution < -0.4 is 15.4 Å². The van der Waals surface area contributed by atoms with E-state index in [0.29, 0.717) is 25.7 Å². The van der Waals surface area contributed by atoms with E-state index >= 15 is 0 Å². The van der Waals surface area contributed by atoms with Crippen LogP contribution in [0, 0.1) is 0 Å². The maximum atomic E-state index is 13.5. The molecule has 2 aliphatic rings. The number of carbonyl (C=O) groups is 2. The Morgan fingerprint density at radius 1 is 0.974 bits per heavy atom. The van der Waals surface area contributed by atoms with Crippen LogP contribution in [0.25, 0.3) is 10.9 Å². The van der Waals surface area contributed by atoms with Gasteiger partial charge in [-0.15, -0.1) is 0 Å². The van der Waals surface area contributed by atoms with Gasteiger partial charge in [0.15, 0.2) is 0 Å². The number of carbonyl (C=O) groups excluding carboxylic acids is 2. The average Bonchev–Trinajstić information content (AvgIpc) is 3.39. The van der Waals surface area contributed by atoms with Crippen molar-refractivity contribution < 1.29 is 14.3 Å². The highest BCUT2D eigenvalue weighted by atomic mass is 16.5. The number of piperidine rings is 2. The molecule has 0 spiro atoms. The average molecular weight is 532 g/mol. The number of ether oxygens (including phenoxy) is 1. The number of amides is 2. The van der Waals surface area contributed by atoms with Gasteiger partial charge in [-0.3, -0.25) is 19.4 Å². The molecule has 3 heterocycles. The van der Waals surface area contributed by atoms with Crippen molar-refractivity contribution in [3.63, 3.8) is 0 Å². The third kappa shape index (κ3) is 6.81. The summed E-state index contributed by atoms with van der Waals surface area (Å²) in [7, 11) is 1.62. The van der Waals surface area contributed by atoms with Crippen LogP contribution in [-0.4, -0.2) is 72.1 Å². The van der Waals surface area contributed by atoms with Gasteiger partial charge in [-0.05, 0) is 62.9 Å². The van der Waals surface area contributed by atoms with E-state index in [1.807, 2.05) is 54.7 Å². The van der Waals surface area contributed by atoms with Crippen molar-refractivity contribution in [2.24, 2.45) is 0 Å². The summed E-state index contributed by atoms with van der Waals surface area (Å²) in [4.78, 5) is 35.1. The first-order valence-corrected chi connectivity index (χ1v) is 14.3. The summed E-state index contributed by atoms with van der Waals surface area (Å²) in [5.41, 5.74) is 2.92. The summed E-state index contributed by atoms with van der Waals surface area (Å²) >= 11 is 0. The normalized spacial score (nSPS) is 19.5. The molecule has 0 saturated carbocycles. The number of H-pyrrole nitrogens is 1. The van der Waals surface area contributed by atoms with Crippen molar-refractivity contribution in [2.75, 3.05) is 33.3 Å². The molecule has 1 aromatic heterocycles. The first-order valence-electron chi connectivity index (χ1n) is 14.3. The summed E-state index contributed by atoms with van der Waals surface area (Å²) in [5.74, 6) is 0.422. The summed E-state index contributed by atoms with van der Waals surface area (Å²) in [6.07, 6.45) is 9.83. The number of aromatic amines is 1. The molecule has 3 N–H and O–H groups in total. The van der Waals surface area contributed by atoms with Crippen molar-refractivity contribution in [1.82, 2.24) is 25.4 Å². The monoisotopic (exact) mass is 531 g/mol. The van der Waals surface area contributed by atoms with Crippen LogP contribution in [0.3, 0.4) is 0 Å². The van der Waals surface area contributed by atoms with Crippen molar-refractivity contribution in [1.29, 1.82) is 0 Å². The van der Waals surface area contributed by atoms with E-state index in [2.05, 4.69) is 25.4 Å². The third-order valence-corrected chi connectivity index (χ3v) is 8.13. The first kappa shape index (κ1) is 27.2. The van der Waals surface area contributed by atoms with Crippen LogP contribution in [0.1, 0.15) is 49.7 Å². The number of para-hydroxylation sites is 2. The Balaban J connectivity index is 1.29. The topological polar surface area (TPSA) is 89.7 Å². The van der Waals surface area contributed by atoms with Gasteiger partial charge in [0.1, 0.15) is 11.8 Å². The van der Waals surface area contributed by atoms with Gasteiger partial charge in [-0.2, -0.15) is 0 Å². The maximum Gasteiger partial charge on any atom is 0.243 e. The number of hydrogen-bond acceptors (Lipinski definition) is 5. The molecule has 2 atom stereocenters. The summed E-state index contributed by atoms with van der Waals surface area (Å²) in [5, 5.41) is 7.20. The number of rotatable bonds is 10. The molecule has 208 valence electrons. The van der Waals surface area contributed by atoms with E-state index in [4.69, 9.17) is 4.74 Å². The molecule has 8 heteroatoms. The largest absolute Gasteiger partial charge is 0.496 e. The van der Waals surface area contributed by atoms with Gasteiger partial charge >= 0.3 is 0 Å². The summed E-state index contributed by atoms with van der Waals surface area (Å²) < 4.78 is 5.45. The van der Waals surface area contributed by atoms with Gasteiger partial charge in [0.2, 0.25) is 11.8 Å². The Bertz CT molecular complexity index is 1250. The zero-order valence-electron chi connectivity index (χ0n) is 23.0. The van der Waals surface area contributed by atoms with Gasteiger partial charge in [0.25, 0.3) is 0 Å². The first-order chi connectivity index (χ1) is 19.1. The lowest BCUT2D eigenvalue weighted by atomic mass is 10.0. The van der Waals surface area contributed by atoms with Crippen LogP contribution in [0.4, 0.5) is 0 Å². The molecule has 2 saturated heterocycles. The highest BCUT2D eigenvalue weighted by Crippen LogP contribution is 2.24. The number of aromatic nitrogens is 1. The molecular weight excluding hydrogens is 490 g/mol. The minimum absolute atomic E-state index is 0.101. The minimum atomic E-state index is -0.690. The molecule has 0 aliphatic carbocycles. The second-order valence-corrected chi connectivity index (χ2v) is 10.8. The predicted octanol–water partition coefficient (Wildman–Crippen LogP) is 3.82. The highest BCUT2D eigenvalue weighted by molar-refractivity contribution is 5.90. The molecule has 2 aromatic carbocycles. The van der Waals surface area contributed by atoms with Crippen LogP contribution in [0.2, 0.25) is 0 Å². The maximum absolute atomic E-state index is 13.5. The zero-order valence-corrected chi connectivity index (χ0v) is 23.0. The predicted molar refractivity (Wildman–Crippen MR) is 153 cm³/mol. The summed E-state index contributed by atoms with van der Waals surface area (Å²) in [6, 6.07) is 15.0. The molecule has 0 bridgehead atoms. The van der Waals surface area contributed by atoms with E-state index < -0.39 is 6.04 Å². The molecule has 2 amide bonds. The number of nitrogens with one attached hydrogen (secondary N) is 3. The van der Waals surface area contributed by atoms with Crippen molar-refractivity contribution >= 4 is 22.7 Å². The van der Waals surface area contributed by atoms with E-state index in [1.165, 1.54) is 25.7 Å². The SMILES string of the molecule is COc1ccccc1CNC(=O)C(Cc1c[nH]c2ccccc12)NC(=O)CN1CCCCC1N1CCCCC1. The minimum Gasteiger partial charge on any atom is -0.496 e. The Morgan fingerprint density at radius 2 is 1.74 bits per heavy atom. The molecule has 5 rings (SSSR count). The van der Waals surface area contributed by atoms with E-state index in [0.717, 1.165) is 60.3 Å². The van der Waals surface area contributed by atoms with Crippen molar-refractivity contribution in [3.05, 3.63) is 65.9 Å². The molecule has 39 heavy (non-hydrogen) atoms. The van der Waals surface area contributed by atoms with Gasteiger partial charge in [0.05, 0.1) is 19.8 Å². The number of likely N-dealkylation sites (tertiary alicyclic amines) is 2. The molecule has 2 aliphatic heterocycles. The fourth-order valence-electron chi connectivity index (χ4n) is 6.10. The summed E-state index contributed by atoms with van der Waals surface area (Å²) in [6.45, 7) is 3.77. The van der Waals surface area contributed by atoms with Gasteiger partial charge in [-0.25, -0.2) is 0 Å². The number of hydrogen-bond donors (Lipinski definition) is 3. The Labute approximate surface area is 231 Å². The molecule has 2 fully saturated rings. The molecule has 8 nitrogen and oxygen atoms in total. The van der Waals surface area contributed by atoms with Gasteiger partial charge in [-0.1, -0.05) is 42.8 Å². The van der Waals surface area contributed by atoms with Crippen LogP contribution in [-0.2, 0) is 22.6 Å². The fraction of sp³-hybridized carbons (Fsp3) is 0.484. The standard InChI is InChI=1S/C31H41N5O3/c1-39-28-14-6-3-11-23(28)20-33-31(38)27(19-24-21-32-26-13-5-4-12-25(24)26)34-29(37)22-36-18-10-7-15-30(36)35-16-8-2-9-17-35/h3-6,11-14,21,27,30,32H,2,7-10,15-20,22H2,1H3,(H,33,38)(H,34,37). The zero-order chi connectivity index (χ0) is 27.0. The van der Waals surface area contributed by atoms with Gasteiger partial charge < -0.3 is 20.4 Å². The lowest BCUT2D eigenvalue weighted by Crippen LogP contribution is -2.56. The molecule has 0 radical (unpaired) electrons. The second-order valence-electron chi connectivity index (χ2n) is 10.8. The smallest absolute Gasteiger partial charge is 0.243 e. The molecular formula is C31H41N5O3. The number of nitrogens with zero attached hydrogens (tertiary/aromatic N) is 2. The second kappa shape index (κ2) is 13.1. The van der Waals surface area contributed by atoms with Crippen LogP contribution in [0.5, 0.6) is 5.75 Å². The molecule has 3 aromatic rings. The Hall–Kier alpha value is -3.36. The van der Waals surface area contributed by atoms with Crippen LogP contribution >= 0.6 is 0 Å². The fourth-order valence-corrected chi connectivity index (χ4v) is 6.10.